The van der Waals surface area contributed by atoms with Gasteiger partial charge in [0.05, 0.1) is 19.4 Å². The van der Waals surface area contributed by atoms with Gasteiger partial charge in [-0.15, -0.1) is 0 Å². The predicted molar refractivity (Wildman–Crippen MR) is 81.9 cm³/mol. The molecule has 0 aromatic heterocycles. The van der Waals surface area contributed by atoms with Gasteiger partial charge < -0.3 is 14.2 Å². The number of benzene rings is 2. The zero-order valence-electron chi connectivity index (χ0n) is 11.9. The van der Waals surface area contributed by atoms with Crippen LogP contribution in [0.25, 0.3) is 0 Å². The van der Waals surface area contributed by atoms with Gasteiger partial charge in [0.2, 0.25) is 0 Å². The summed E-state index contributed by atoms with van der Waals surface area (Å²) >= 11 is 0. The molecule has 0 bridgehead atoms. The minimum absolute atomic E-state index is 0.276. The molecule has 2 aromatic carbocycles. The Balaban J connectivity index is 1.58. The molecule has 2 aromatic rings. The van der Waals surface area contributed by atoms with Gasteiger partial charge in [-0.25, -0.2) is 0 Å². The molecule has 0 saturated carbocycles. The van der Waals surface area contributed by atoms with Crippen molar-refractivity contribution in [2.24, 2.45) is 4.99 Å². The van der Waals surface area contributed by atoms with Gasteiger partial charge in [0, 0.05) is 6.21 Å². The van der Waals surface area contributed by atoms with Crippen molar-refractivity contribution >= 4 is 11.9 Å². The molecule has 1 aliphatic rings. The van der Waals surface area contributed by atoms with Crippen LogP contribution >= 0.6 is 0 Å². The molecule has 1 unspecified atom stereocenters. The molecule has 1 heterocycles. The molecular formula is C17H17NO3. The highest BCUT2D eigenvalue weighted by atomic mass is 16.6. The van der Waals surface area contributed by atoms with E-state index in [1.54, 1.807) is 7.11 Å². The number of epoxide rings is 1. The molecule has 4 nitrogen and oxygen atoms in total. The van der Waals surface area contributed by atoms with E-state index in [1.165, 1.54) is 0 Å². The minimum Gasteiger partial charge on any atom is -0.497 e. The smallest absolute Gasteiger partial charge is 0.119 e. The summed E-state index contributed by atoms with van der Waals surface area (Å²) < 4.78 is 15.8. The van der Waals surface area contributed by atoms with Crippen molar-refractivity contribution < 1.29 is 14.2 Å². The maximum absolute atomic E-state index is 5.58. The van der Waals surface area contributed by atoms with Crippen LogP contribution in [0.15, 0.2) is 53.5 Å². The molecule has 0 amide bonds. The second kappa shape index (κ2) is 6.41. The number of hydrogen-bond donors (Lipinski definition) is 0. The lowest BCUT2D eigenvalue weighted by molar-refractivity contribution is 0.263. The summed E-state index contributed by atoms with van der Waals surface area (Å²) in [5.74, 6) is 1.68. The number of rotatable bonds is 6. The number of ether oxygens (including phenoxy) is 3. The van der Waals surface area contributed by atoms with Crippen molar-refractivity contribution in [3.8, 4) is 11.5 Å². The standard InChI is InChI=1S/C17H17NO3/c1-19-15-6-2-13(3-7-15)10-18-14-4-8-16(9-5-14)20-11-17-12-21-17/h2-10,17H,11-12H2,1H3. The van der Waals surface area contributed by atoms with Crippen molar-refractivity contribution in [1.82, 2.24) is 0 Å². The van der Waals surface area contributed by atoms with Crippen molar-refractivity contribution in [2.45, 2.75) is 6.10 Å². The third kappa shape index (κ3) is 4.07. The van der Waals surface area contributed by atoms with Crippen LogP contribution in [-0.2, 0) is 4.74 Å². The topological polar surface area (TPSA) is 43.4 Å². The number of hydrogen-bond acceptors (Lipinski definition) is 4. The van der Waals surface area contributed by atoms with Crippen molar-refractivity contribution in [3.05, 3.63) is 54.1 Å². The van der Waals surface area contributed by atoms with Gasteiger partial charge in [-0.1, -0.05) is 0 Å². The van der Waals surface area contributed by atoms with E-state index in [2.05, 4.69) is 4.99 Å². The molecule has 1 aliphatic heterocycles. The molecule has 0 aliphatic carbocycles. The second-order valence-corrected chi connectivity index (χ2v) is 4.79. The lowest BCUT2D eigenvalue weighted by atomic mass is 10.2. The van der Waals surface area contributed by atoms with Gasteiger partial charge in [-0.05, 0) is 54.1 Å². The normalized spacial score (nSPS) is 16.9. The molecule has 0 radical (unpaired) electrons. The first-order valence-corrected chi connectivity index (χ1v) is 6.86. The van der Waals surface area contributed by atoms with Crippen LogP contribution in [0.5, 0.6) is 11.5 Å². The molecule has 21 heavy (non-hydrogen) atoms. The maximum Gasteiger partial charge on any atom is 0.119 e. The summed E-state index contributed by atoms with van der Waals surface area (Å²) in [6, 6.07) is 15.5. The average Bonchev–Trinajstić information content (AvgIpc) is 3.37. The Morgan fingerprint density at radius 2 is 1.76 bits per heavy atom. The van der Waals surface area contributed by atoms with E-state index in [-0.39, 0.29) is 6.10 Å². The van der Waals surface area contributed by atoms with E-state index in [0.29, 0.717) is 6.61 Å². The van der Waals surface area contributed by atoms with E-state index in [9.17, 15) is 0 Å². The van der Waals surface area contributed by atoms with E-state index >= 15 is 0 Å². The Hall–Kier alpha value is -2.33. The lowest BCUT2D eigenvalue weighted by Gasteiger charge is -2.03. The largest absolute Gasteiger partial charge is 0.497 e. The van der Waals surface area contributed by atoms with E-state index in [4.69, 9.17) is 14.2 Å². The quantitative estimate of drug-likeness (QED) is 0.604. The molecule has 1 saturated heterocycles. The fourth-order valence-corrected chi connectivity index (χ4v) is 1.82. The van der Waals surface area contributed by atoms with Gasteiger partial charge in [0.25, 0.3) is 0 Å². The number of aliphatic imine (C=N–C) groups is 1. The molecule has 1 atom stereocenters. The van der Waals surface area contributed by atoms with Crippen LogP contribution in [-0.4, -0.2) is 32.6 Å². The highest BCUT2D eigenvalue weighted by Gasteiger charge is 2.22. The van der Waals surface area contributed by atoms with Crippen molar-refractivity contribution in [3.63, 3.8) is 0 Å². The first-order chi connectivity index (χ1) is 10.3. The van der Waals surface area contributed by atoms with E-state index in [1.807, 2.05) is 54.7 Å². The van der Waals surface area contributed by atoms with Crippen LogP contribution in [0.4, 0.5) is 5.69 Å². The number of nitrogens with zero attached hydrogens (tertiary/aromatic N) is 1. The fraction of sp³-hybridized carbons (Fsp3) is 0.235. The second-order valence-electron chi connectivity index (χ2n) is 4.79. The van der Waals surface area contributed by atoms with E-state index < -0.39 is 0 Å². The zero-order chi connectivity index (χ0) is 14.5. The molecule has 0 spiro atoms. The average molecular weight is 283 g/mol. The van der Waals surface area contributed by atoms with Gasteiger partial charge in [-0.2, -0.15) is 0 Å². The van der Waals surface area contributed by atoms with E-state index in [0.717, 1.165) is 29.4 Å². The highest BCUT2D eigenvalue weighted by molar-refractivity contribution is 5.82. The Morgan fingerprint density at radius 3 is 2.38 bits per heavy atom. The minimum atomic E-state index is 0.276. The summed E-state index contributed by atoms with van der Waals surface area (Å²) in [6.07, 6.45) is 2.10. The third-order valence-corrected chi connectivity index (χ3v) is 3.15. The van der Waals surface area contributed by atoms with Crippen LogP contribution in [0, 0.1) is 0 Å². The fourth-order valence-electron chi connectivity index (χ4n) is 1.82. The van der Waals surface area contributed by atoms with Crippen LogP contribution < -0.4 is 9.47 Å². The van der Waals surface area contributed by atoms with Gasteiger partial charge >= 0.3 is 0 Å². The van der Waals surface area contributed by atoms with Gasteiger partial charge in [0.1, 0.15) is 24.2 Å². The number of methoxy groups -OCH3 is 1. The van der Waals surface area contributed by atoms with Crippen molar-refractivity contribution in [2.75, 3.05) is 20.3 Å². The van der Waals surface area contributed by atoms with Gasteiger partial charge in [0.15, 0.2) is 0 Å². The first-order valence-electron chi connectivity index (χ1n) is 6.86. The zero-order valence-corrected chi connectivity index (χ0v) is 11.9. The van der Waals surface area contributed by atoms with Crippen molar-refractivity contribution in [1.29, 1.82) is 0 Å². The molecular weight excluding hydrogens is 266 g/mol. The van der Waals surface area contributed by atoms with Gasteiger partial charge in [-0.3, -0.25) is 4.99 Å². The predicted octanol–water partition coefficient (Wildman–Crippen LogP) is 3.22. The summed E-state index contributed by atoms with van der Waals surface area (Å²) in [7, 11) is 1.65. The molecule has 0 N–H and O–H groups in total. The van der Waals surface area contributed by atoms with Crippen LogP contribution in [0.3, 0.4) is 0 Å². The SMILES string of the molecule is COc1ccc(C=Nc2ccc(OCC3CO3)cc2)cc1. The van der Waals surface area contributed by atoms with Crippen LogP contribution in [0.2, 0.25) is 0 Å². The monoisotopic (exact) mass is 283 g/mol. The highest BCUT2D eigenvalue weighted by Crippen LogP contribution is 2.20. The lowest BCUT2D eigenvalue weighted by Crippen LogP contribution is -2.03. The third-order valence-electron chi connectivity index (χ3n) is 3.15. The summed E-state index contributed by atoms with van der Waals surface area (Å²) in [6.45, 7) is 1.43. The van der Waals surface area contributed by atoms with Crippen LogP contribution in [0.1, 0.15) is 5.56 Å². The first kappa shape index (κ1) is 13.6. The summed E-state index contributed by atoms with van der Waals surface area (Å²) in [4.78, 5) is 4.43. The Kier molecular flexibility index (Phi) is 4.17. The Labute approximate surface area is 124 Å². The molecule has 108 valence electrons. The molecule has 4 heteroatoms. The Morgan fingerprint density at radius 1 is 1.10 bits per heavy atom. The maximum atomic E-state index is 5.58. The molecule has 1 fully saturated rings. The summed E-state index contributed by atoms with van der Waals surface area (Å²) in [5, 5.41) is 0. The summed E-state index contributed by atoms with van der Waals surface area (Å²) in [5.41, 5.74) is 1.92. The molecule has 3 rings (SSSR count). The Bertz CT molecular complexity index is 601.